The minimum atomic E-state index is -0.879. The van der Waals surface area contributed by atoms with Gasteiger partial charge in [-0.15, -0.1) is 0 Å². The van der Waals surface area contributed by atoms with Gasteiger partial charge in [0.15, 0.2) is 0 Å². The van der Waals surface area contributed by atoms with E-state index in [2.05, 4.69) is 0 Å². The zero-order valence-electron chi connectivity index (χ0n) is 9.40. The van der Waals surface area contributed by atoms with Gasteiger partial charge in [-0.1, -0.05) is 39.0 Å². The number of hydrogen-bond donors (Lipinski definition) is 2. The summed E-state index contributed by atoms with van der Waals surface area (Å²) in [6, 6.07) is 8.30. The first-order valence-corrected chi connectivity index (χ1v) is 4.76. The maximum absolute atomic E-state index is 10.2. The maximum Gasteiger partial charge on any atom is 0.335 e. The fraction of sp³-hybridized carbons (Fsp3) is 0.417. The molecule has 84 valence electrons. The number of aliphatic hydroxyl groups is 1. The number of carboxylic acids is 1. The highest BCUT2D eigenvalue weighted by Gasteiger charge is 2.05. The summed E-state index contributed by atoms with van der Waals surface area (Å²) in [7, 11) is 0. The van der Waals surface area contributed by atoms with Crippen molar-refractivity contribution in [2.45, 2.75) is 20.8 Å². The number of aromatic carboxylic acids is 1. The average molecular weight is 210 g/mol. The second-order valence-electron chi connectivity index (χ2n) is 4.39. The molecule has 1 rings (SSSR count). The molecule has 3 nitrogen and oxygen atoms in total. The first-order valence-electron chi connectivity index (χ1n) is 4.76. The van der Waals surface area contributed by atoms with E-state index >= 15 is 0 Å². The lowest BCUT2D eigenvalue weighted by molar-refractivity contribution is 0.0697. The van der Waals surface area contributed by atoms with Crippen LogP contribution in [0.25, 0.3) is 0 Å². The Hall–Kier alpha value is -1.35. The number of hydrogen-bond acceptors (Lipinski definition) is 2. The minimum absolute atomic E-state index is 0.0972. The van der Waals surface area contributed by atoms with E-state index in [-0.39, 0.29) is 12.0 Å². The van der Waals surface area contributed by atoms with Gasteiger partial charge in [0.25, 0.3) is 0 Å². The molecular formula is C12H18O3. The molecule has 2 N–H and O–H groups in total. The predicted octanol–water partition coefficient (Wildman–Crippen LogP) is 2.41. The number of carboxylic acid groups (broad SMARTS) is 1. The molecule has 0 spiro atoms. The van der Waals surface area contributed by atoms with Gasteiger partial charge >= 0.3 is 5.97 Å². The van der Waals surface area contributed by atoms with Crippen LogP contribution >= 0.6 is 0 Å². The molecule has 0 heterocycles. The molecule has 0 fully saturated rings. The molecule has 15 heavy (non-hydrogen) atoms. The average Bonchev–Trinajstić information content (AvgIpc) is 2.19. The fourth-order valence-corrected chi connectivity index (χ4v) is 0.581. The smallest absolute Gasteiger partial charge is 0.335 e. The van der Waals surface area contributed by atoms with E-state index < -0.39 is 5.97 Å². The van der Waals surface area contributed by atoms with Crippen LogP contribution in [0.2, 0.25) is 0 Å². The lowest BCUT2D eigenvalue weighted by Crippen LogP contribution is -2.09. The molecule has 0 aliphatic carbocycles. The largest absolute Gasteiger partial charge is 0.478 e. The summed E-state index contributed by atoms with van der Waals surface area (Å²) in [6.07, 6.45) is 0. The van der Waals surface area contributed by atoms with Crippen LogP contribution < -0.4 is 0 Å². The van der Waals surface area contributed by atoms with Crippen molar-refractivity contribution in [2.24, 2.45) is 5.41 Å². The second kappa shape index (κ2) is 6.19. The standard InChI is InChI=1S/C7H6O2.C5H12O/c8-7(9)6-4-2-1-3-5-6;1-5(2,3)4-6/h1-5H,(H,8,9);6H,4H2,1-3H3. The third kappa shape index (κ3) is 7.70. The Kier molecular flexibility index (Phi) is 5.64. The molecule has 0 aliphatic heterocycles. The van der Waals surface area contributed by atoms with Crippen LogP contribution in [-0.4, -0.2) is 22.8 Å². The van der Waals surface area contributed by atoms with Crippen molar-refractivity contribution < 1.29 is 15.0 Å². The van der Waals surface area contributed by atoms with Gasteiger partial charge in [0.1, 0.15) is 0 Å². The molecule has 0 unspecified atom stereocenters. The molecule has 0 saturated heterocycles. The maximum atomic E-state index is 10.2. The van der Waals surface area contributed by atoms with Crippen LogP contribution in [0.15, 0.2) is 30.3 Å². The Bertz CT molecular complexity index is 285. The monoisotopic (exact) mass is 210 g/mol. The predicted molar refractivity (Wildman–Crippen MR) is 59.9 cm³/mol. The molecule has 0 bridgehead atoms. The van der Waals surface area contributed by atoms with Crippen LogP contribution in [0.4, 0.5) is 0 Å². The zero-order valence-corrected chi connectivity index (χ0v) is 9.40. The lowest BCUT2D eigenvalue weighted by atomic mass is 9.99. The lowest BCUT2D eigenvalue weighted by Gasteiger charge is -2.11. The Morgan fingerprint density at radius 1 is 1.20 bits per heavy atom. The number of carbonyl (C=O) groups is 1. The Morgan fingerprint density at radius 2 is 1.60 bits per heavy atom. The summed E-state index contributed by atoms with van der Waals surface area (Å²) in [5.74, 6) is -0.879. The van der Waals surface area contributed by atoms with Crippen LogP contribution in [0.3, 0.4) is 0 Å². The van der Waals surface area contributed by atoms with E-state index in [4.69, 9.17) is 10.2 Å². The highest BCUT2D eigenvalue weighted by molar-refractivity contribution is 5.87. The number of aliphatic hydroxyl groups excluding tert-OH is 1. The minimum Gasteiger partial charge on any atom is -0.478 e. The van der Waals surface area contributed by atoms with E-state index in [0.29, 0.717) is 5.56 Å². The second-order valence-corrected chi connectivity index (χ2v) is 4.39. The van der Waals surface area contributed by atoms with Crippen molar-refractivity contribution in [3.05, 3.63) is 35.9 Å². The van der Waals surface area contributed by atoms with Gasteiger partial charge in [0.2, 0.25) is 0 Å². The van der Waals surface area contributed by atoms with E-state index in [0.717, 1.165) is 0 Å². The van der Waals surface area contributed by atoms with Crippen LogP contribution in [0.1, 0.15) is 31.1 Å². The summed E-state index contributed by atoms with van der Waals surface area (Å²) >= 11 is 0. The fourth-order valence-electron chi connectivity index (χ4n) is 0.581. The zero-order chi connectivity index (χ0) is 11.9. The summed E-state index contributed by atoms with van der Waals surface area (Å²) < 4.78 is 0. The quantitative estimate of drug-likeness (QED) is 0.748. The third-order valence-electron chi connectivity index (χ3n) is 1.50. The van der Waals surface area contributed by atoms with Gasteiger partial charge in [-0.05, 0) is 17.5 Å². The SMILES string of the molecule is CC(C)(C)CO.O=C(O)c1ccccc1. The molecule has 3 heteroatoms. The van der Waals surface area contributed by atoms with Gasteiger partial charge in [0, 0.05) is 6.61 Å². The molecular weight excluding hydrogens is 192 g/mol. The molecule has 1 aromatic rings. The van der Waals surface area contributed by atoms with Gasteiger partial charge in [-0.25, -0.2) is 4.79 Å². The molecule has 1 aromatic carbocycles. The first-order chi connectivity index (χ1) is 6.87. The van der Waals surface area contributed by atoms with Crippen molar-refractivity contribution in [3.8, 4) is 0 Å². The molecule has 0 atom stereocenters. The van der Waals surface area contributed by atoms with Crippen molar-refractivity contribution in [1.29, 1.82) is 0 Å². The molecule has 0 saturated carbocycles. The van der Waals surface area contributed by atoms with Crippen LogP contribution in [-0.2, 0) is 0 Å². The van der Waals surface area contributed by atoms with Crippen molar-refractivity contribution in [3.63, 3.8) is 0 Å². The summed E-state index contributed by atoms with van der Waals surface area (Å²) in [6.45, 7) is 6.25. The molecule has 0 aliphatic rings. The third-order valence-corrected chi connectivity index (χ3v) is 1.50. The van der Waals surface area contributed by atoms with Crippen molar-refractivity contribution >= 4 is 5.97 Å². The highest BCUT2D eigenvalue weighted by Crippen LogP contribution is 2.09. The van der Waals surface area contributed by atoms with Gasteiger partial charge in [-0.3, -0.25) is 0 Å². The Morgan fingerprint density at radius 3 is 1.80 bits per heavy atom. The Balaban J connectivity index is 0.000000288. The van der Waals surface area contributed by atoms with Crippen molar-refractivity contribution in [2.75, 3.05) is 6.61 Å². The van der Waals surface area contributed by atoms with Gasteiger partial charge < -0.3 is 10.2 Å². The topological polar surface area (TPSA) is 57.5 Å². The summed E-state index contributed by atoms with van der Waals surface area (Å²) in [4.78, 5) is 10.2. The van der Waals surface area contributed by atoms with Crippen molar-refractivity contribution in [1.82, 2.24) is 0 Å². The first kappa shape index (κ1) is 13.7. The normalized spacial score (nSPS) is 10.1. The van der Waals surface area contributed by atoms with E-state index in [1.165, 1.54) is 0 Å². The summed E-state index contributed by atoms with van der Waals surface area (Å²) in [5.41, 5.74) is 0.428. The van der Waals surface area contributed by atoms with E-state index in [1.807, 2.05) is 20.8 Å². The molecule has 0 radical (unpaired) electrons. The van der Waals surface area contributed by atoms with Gasteiger partial charge in [-0.2, -0.15) is 0 Å². The van der Waals surface area contributed by atoms with E-state index in [1.54, 1.807) is 30.3 Å². The number of rotatable bonds is 1. The molecule has 0 aromatic heterocycles. The summed E-state index contributed by atoms with van der Waals surface area (Å²) in [5, 5.41) is 16.8. The highest BCUT2D eigenvalue weighted by atomic mass is 16.4. The van der Waals surface area contributed by atoms with Gasteiger partial charge in [0.05, 0.1) is 5.56 Å². The van der Waals surface area contributed by atoms with E-state index in [9.17, 15) is 4.79 Å². The molecule has 0 amide bonds. The van der Waals surface area contributed by atoms with Crippen LogP contribution in [0.5, 0.6) is 0 Å². The van der Waals surface area contributed by atoms with Crippen LogP contribution in [0, 0.1) is 5.41 Å². The number of benzene rings is 1. The Labute approximate surface area is 90.4 Å².